The number of hydrogen-bond donors (Lipinski definition) is 1. The minimum atomic E-state index is -0.562. The van der Waals surface area contributed by atoms with Crippen LogP contribution in [0.4, 0.5) is 0 Å². The van der Waals surface area contributed by atoms with Gasteiger partial charge in [0.25, 0.3) is 0 Å². The Morgan fingerprint density at radius 3 is 2.62 bits per heavy atom. The van der Waals surface area contributed by atoms with E-state index in [-0.39, 0.29) is 6.61 Å². The molecule has 1 aliphatic rings. The van der Waals surface area contributed by atoms with Gasteiger partial charge in [0.05, 0.1) is 6.07 Å². The maximum Gasteiger partial charge on any atom is 0.127 e. The van der Waals surface area contributed by atoms with E-state index < -0.39 is 6.10 Å². The number of unbranched alkanes of at least 4 members (excludes halogenated alkanes) is 1. The van der Waals surface area contributed by atoms with Crippen molar-refractivity contribution in [2.75, 3.05) is 45.9 Å². The topological polar surface area (TPSA) is 72.6 Å². The van der Waals surface area contributed by atoms with Gasteiger partial charge < -0.3 is 14.7 Å². The van der Waals surface area contributed by atoms with Gasteiger partial charge in [-0.1, -0.05) is 36.4 Å². The summed E-state index contributed by atoms with van der Waals surface area (Å²) in [5.41, 5.74) is 2.01. The molecule has 6 nitrogen and oxygen atoms in total. The molecule has 0 radical (unpaired) electrons. The van der Waals surface area contributed by atoms with Crippen LogP contribution in [0, 0.1) is 11.3 Å². The van der Waals surface area contributed by atoms with Crippen LogP contribution < -0.4 is 4.74 Å². The van der Waals surface area contributed by atoms with Crippen LogP contribution in [0.3, 0.4) is 0 Å². The number of hydrogen-bond acceptors (Lipinski definition) is 6. The molecule has 4 rings (SSSR count). The smallest absolute Gasteiger partial charge is 0.127 e. The molecule has 1 unspecified atom stereocenters. The quantitative estimate of drug-likeness (QED) is 0.524. The number of nitrogens with zero attached hydrogens (tertiary/aromatic N) is 4. The molecule has 1 atom stereocenters. The molecule has 6 heteroatoms. The first kappa shape index (κ1) is 22.2. The van der Waals surface area contributed by atoms with Crippen molar-refractivity contribution in [3.05, 3.63) is 60.9 Å². The van der Waals surface area contributed by atoms with Crippen molar-refractivity contribution in [1.82, 2.24) is 14.8 Å². The number of β-amino-alcohol motifs (C(OH)–C–C–N with tert-alkyl or cyclic N) is 1. The van der Waals surface area contributed by atoms with E-state index in [1.54, 1.807) is 6.20 Å². The summed E-state index contributed by atoms with van der Waals surface area (Å²) in [6, 6.07) is 18.5. The highest BCUT2D eigenvalue weighted by Gasteiger charge is 2.20. The van der Waals surface area contributed by atoms with Gasteiger partial charge in [-0.2, -0.15) is 5.26 Å². The number of fused-ring (bicyclic) bond motifs is 1. The van der Waals surface area contributed by atoms with Gasteiger partial charge in [-0.3, -0.25) is 9.88 Å². The van der Waals surface area contributed by atoms with Crippen molar-refractivity contribution in [2.45, 2.75) is 18.9 Å². The highest BCUT2D eigenvalue weighted by molar-refractivity contribution is 5.99. The highest BCUT2D eigenvalue weighted by atomic mass is 16.5. The number of benzene rings is 2. The zero-order chi connectivity index (χ0) is 22.2. The van der Waals surface area contributed by atoms with Crippen molar-refractivity contribution in [3.8, 4) is 22.9 Å². The standard InChI is InChI=1S/C26H30N4O2/c27-11-3-4-13-29-14-16-30(17-15-29)19-23(31)20-32-25-10-9-21-6-1-2-8-24(21)26(25)22-7-5-12-28-18-22/h1-2,5-10,12,18,23,31H,3-4,13-17,19-20H2. The summed E-state index contributed by atoms with van der Waals surface area (Å²) in [6.45, 7) is 5.65. The lowest BCUT2D eigenvalue weighted by atomic mass is 9.98. The normalized spacial score (nSPS) is 16.0. The molecule has 0 saturated carbocycles. The molecule has 166 valence electrons. The monoisotopic (exact) mass is 430 g/mol. The van der Waals surface area contributed by atoms with E-state index in [0.717, 1.165) is 66.8 Å². The van der Waals surface area contributed by atoms with Crippen LogP contribution in [-0.2, 0) is 0 Å². The van der Waals surface area contributed by atoms with E-state index in [4.69, 9.17) is 10.00 Å². The van der Waals surface area contributed by atoms with Gasteiger partial charge in [0.15, 0.2) is 0 Å². The number of aliphatic hydroxyl groups is 1. The third kappa shape index (κ3) is 5.63. The van der Waals surface area contributed by atoms with E-state index in [9.17, 15) is 5.11 Å². The average Bonchev–Trinajstić information content (AvgIpc) is 2.84. The maximum absolute atomic E-state index is 10.6. The molecule has 1 aliphatic heterocycles. The van der Waals surface area contributed by atoms with Gasteiger partial charge in [-0.05, 0) is 35.9 Å². The molecular formula is C26H30N4O2. The highest BCUT2D eigenvalue weighted by Crippen LogP contribution is 2.36. The Morgan fingerprint density at radius 1 is 1.03 bits per heavy atom. The van der Waals surface area contributed by atoms with Crippen LogP contribution in [0.15, 0.2) is 60.9 Å². The van der Waals surface area contributed by atoms with Crippen molar-refractivity contribution < 1.29 is 9.84 Å². The number of ether oxygens (including phenoxy) is 1. The Kier molecular flexibility index (Phi) is 7.68. The Morgan fingerprint density at radius 2 is 1.84 bits per heavy atom. The Bertz CT molecular complexity index is 1040. The molecule has 1 aromatic heterocycles. The maximum atomic E-state index is 10.6. The van der Waals surface area contributed by atoms with E-state index in [1.807, 2.05) is 36.5 Å². The minimum Gasteiger partial charge on any atom is -0.490 e. The third-order valence-electron chi connectivity index (χ3n) is 5.97. The van der Waals surface area contributed by atoms with Crippen LogP contribution in [0.25, 0.3) is 21.9 Å². The number of nitriles is 1. The summed E-state index contributed by atoms with van der Waals surface area (Å²) in [7, 11) is 0. The summed E-state index contributed by atoms with van der Waals surface area (Å²) in [4.78, 5) is 8.96. The number of rotatable bonds is 9. The minimum absolute atomic E-state index is 0.244. The van der Waals surface area contributed by atoms with E-state index in [1.165, 1.54) is 0 Å². The molecule has 3 aromatic rings. The van der Waals surface area contributed by atoms with Crippen LogP contribution in [-0.4, -0.2) is 71.9 Å². The second-order valence-electron chi connectivity index (χ2n) is 8.27. The Hall–Kier alpha value is -2.98. The first-order valence-electron chi connectivity index (χ1n) is 11.3. The summed E-state index contributed by atoms with van der Waals surface area (Å²) in [5.74, 6) is 0.762. The summed E-state index contributed by atoms with van der Waals surface area (Å²) >= 11 is 0. The first-order valence-corrected chi connectivity index (χ1v) is 11.3. The predicted octanol–water partition coefficient (Wildman–Crippen LogP) is 3.56. The zero-order valence-corrected chi connectivity index (χ0v) is 18.4. The van der Waals surface area contributed by atoms with Crippen LogP contribution in [0.1, 0.15) is 12.8 Å². The Labute approximate surface area is 189 Å². The summed E-state index contributed by atoms with van der Waals surface area (Å²) in [5, 5.41) is 21.6. The second-order valence-corrected chi connectivity index (χ2v) is 8.27. The molecular weight excluding hydrogens is 400 g/mol. The predicted molar refractivity (Wildman–Crippen MR) is 126 cm³/mol. The fourth-order valence-electron chi connectivity index (χ4n) is 4.29. The fraction of sp³-hybridized carbons (Fsp3) is 0.385. The van der Waals surface area contributed by atoms with Crippen molar-refractivity contribution in [3.63, 3.8) is 0 Å². The van der Waals surface area contributed by atoms with Gasteiger partial charge in [0, 0.05) is 62.7 Å². The van der Waals surface area contributed by atoms with Gasteiger partial charge in [0.2, 0.25) is 0 Å². The van der Waals surface area contributed by atoms with Gasteiger partial charge in [-0.15, -0.1) is 0 Å². The molecule has 1 fully saturated rings. The molecule has 1 N–H and O–H groups in total. The third-order valence-corrected chi connectivity index (χ3v) is 5.97. The molecule has 0 aliphatic carbocycles. The van der Waals surface area contributed by atoms with E-state index >= 15 is 0 Å². The molecule has 0 amide bonds. The molecule has 0 bridgehead atoms. The molecule has 2 heterocycles. The SMILES string of the molecule is N#CCCCN1CCN(CC(O)COc2ccc3ccccc3c2-c2cccnc2)CC1. The first-order chi connectivity index (χ1) is 15.7. The number of piperazine rings is 1. The molecule has 1 saturated heterocycles. The zero-order valence-electron chi connectivity index (χ0n) is 18.4. The van der Waals surface area contributed by atoms with Gasteiger partial charge in [0.1, 0.15) is 18.5 Å². The Balaban J connectivity index is 1.37. The van der Waals surface area contributed by atoms with Crippen molar-refractivity contribution in [1.29, 1.82) is 5.26 Å². The van der Waals surface area contributed by atoms with E-state index in [2.05, 4.69) is 39.1 Å². The van der Waals surface area contributed by atoms with Crippen LogP contribution >= 0.6 is 0 Å². The average molecular weight is 431 g/mol. The second kappa shape index (κ2) is 11.1. The molecule has 2 aromatic carbocycles. The van der Waals surface area contributed by atoms with E-state index in [0.29, 0.717) is 13.0 Å². The van der Waals surface area contributed by atoms with Crippen molar-refractivity contribution >= 4 is 10.8 Å². The molecule has 0 spiro atoms. The molecule has 32 heavy (non-hydrogen) atoms. The van der Waals surface area contributed by atoms with Crippen molar-refractivity contribution in [2.24, 2.45) is 0 Å². The largest absolute Gasteiger partial charge is 0.490 e. The fourth-order valence-corrected chi connectivity index (χ4v) is 4.29. The summed E-state index contributed by atoms with van der Waals surface area (Å²) < 4.78 is 6.14. The lowest BCUT2D eigenvalue weighted by Crippen LogP contribution is -2.49. The number of pyridine rings is 1. The number of aromatic nitrogens is 1. The lowest BCUT2D eigenvalue weighted by Gasteiger charge is -2.35. The lowest BCUT2D eigenvalue weighted by molar-refractivity contribution is 0.0461. The van der Waals surface area contributed by atoms with Gasteiger partial charge >= 0.3 is 0 Å². The summed E-state index contributed by atoms with van der Waals surface area (Å²) in [6.07, 6.45) is 4.60. The van der Waals surface area contributed by atoms with Gasteiger partial charge in [-0.25, -0.2) is 0 Å². The van der Waals surface area contributed by atoms with Crippen LogP contribution in [0.5, 0.6) is 5.75 Å². The number of aliphatic hydroxyl groups excluding tert-OH is 1. The van der Waals surface area contributed by atoms with Crippen LogP contribution in [0.2, 0.25) is 0 Å².